The second-order valence-corrected chi connectivity index (χ2v) is 8.70. The van der Waals surface area contributed by atoms with Crippen molar-refractivity contribution in [2.75, 3.05) is 18.0 Å². The van der Waals surface area contributed by atoms with E-state index in [0.29, 0.717) is 34.6 Å². The highest BCUT2D eigenvalue weighted by Crippen LogP contribution is 2.34. The van der Waals surface area contributed by atoms with Crippen LogP contribution in [-0.4, -0.2) is 60.9 Å². The summed E-state index contributed by atoms with van der Waals surface area (Å²) >= 11 is 0. The minimum atomic E-state index is -0.301. The maximum absolute atomic E-state index is 13.7. The predicted octanol–water partition coefficient (Wildman–Crippen LogP) is 3.15. The van der Waals surface area contributed by atoms with Gasteiger partial charge < -0.3 is 9.80 Å². The zero-order chi connectivity index (χ0) is 22.5. The number of benzene rings is 2. The number of rotatable bonds is 3. The normalized spacial score (nSPS) is 19.9. The van der Waals surface area contributed by atoms with Gasteiger partial charge >= 0.3 is 0 Å². The SMILES string of the molecule is Cc1ccc(-n2nccn2)c(C(=O)N2C[C@@H]3C[C@H]2CCN3c2ncc3cc(F)ccc3n2)c1. The average Bonchev–Trinajstić information content (AvgIpc) is 3.47. The number of aromatic nitrogens is 5. The summed E-state index contributed by atoms with van der Waals surface area (Å²) in [5.74, 6) is 0.324. The van der Waals surface area contributed by atoms with Crippen LogP contribution in [0.2, 0.25) is 0 Å². The number of piperidine rings is 1. The van der Waals surface area contributed by atoms with Gasteiger partial charge in [-0.05, 0) is 50.1 Å². The summed E-state index contributed by atoms with van der Waals surface area (Å²) in [4.78, 5) is 28.5. The van der Waals surface area contributed by atoms with E-state index in [4.69, 9.17) is 0 Å². The van der Waals surface area contributed by atoms with Crippen LogP contribution in [0.25, 0.3) is 16.6 Å². The number of hydrogen-bond acceptors (Lipinski definition) is 6. The van der Waals surface area contributed by atoms with Crippen molar-refractivity contribution in [3.05, 3.63) is 71.9 Å². The second-order valence-electron chi connectivity index (χ2n) is 8.70. The van der Waals surface area contributed by atoms with Gasteiger partial charge in [-0.3, -0.25) is 4.79 Å². The smallest absolute Gasteiger partial charge is 0.256 e. The molecule has 2 aliphatic heterocycles. The molecule has 2 fully saturated rings. The maximum Gasteiger partial charge on any atom is 0.256 e. The topological polar surface area (TPSA) is 80.0 Å². The third-order valence-corrected chi connectivity index (χ3v) is 6.60. The van der Waals surface area contributed by atoms with Gasteiger partial charge in [-0.1, -0.05) is 11.6 Å². The van der Waals surface area contributed by atoms with Crippen LogP contribution in [0.3, 0.4) is 0 Å². The number of fused-ring (bicyclic) bond motifs is 3. The van der Waals surface area contributed by atoms with Crippen LogP contribution in [0.5, 0.6) is 0 Å². The molecule has 2 aromatic carbocycles. The lowest BCUT2D eigenvalue weighted by molar-refractivity contribution is 0.0735. The molecule has 2 aromatic heterocycles. The zero-order valence-electron chi connectivity index (χ0n) is 18.1. The van der Waals surface area contributed by atoms with E-state index in [0.717, 1.165) is 24.9 Å². The maximum atomic E-state index is 13.7. The standard InChI is InChI=1S/C24H22FN7O/c1-15-2-5-22(32-27-7-8-28-32)20(10-15)23(33)31-14-19-12-18(31)6-9-30(19)24-26-13-16-11-17(25)3-4-21(16)29-24/h2-5,7-8,10-11,13,18-19H,6,9,12,14H2,1H3/t18-,19+/m1/s1. The summed E-state index contributed by atoms with van der Waals surface area (Å²) in [6.45, 7) is 3.35. The quantitative estimate of drug-likeness (QED) is 0.484. The van der Waals surface area contributed by atoms with Crippen molar-refractivity contribution in [3.63, 3.8) is 0 Å². The van der Waals surface area contributed by atoms with Gasteiger partial charge in [-0.2, -0.15) is 15.0 Å². The Labute approximate surface area is 189 Å². The number of amides is 1. The molecule has 2 bridgehead atoms. The number of carbonyl (C=O) groups is 1. The minimum Gasteiger partial charge on any atom is -0.336 e. The highest BCUT2D eigenvalue weighted by molar-refractivity contribution is 5.98. The number of carbonyl (C=O) groups excluding carboxylic acids is 1. The van der Waals surface area contributed by atoms with Crippen LogP contribution in [0.15, 0.2) is 55.0 Å². The van der Waals surface area contributed by atoms with Crippen LogP contribution in [0.4, 0.5) is 10.3 Å². The highest BCUT2D eigenvalue weighted by Gasteiger charge is 2.43. The first-order valence-corrected chi connectivity index (χ1v) is 11.0. The van der Waals surface area contributed by atoms with Crippen LogP contribution < -0.4 is 4.90 Å². The minimum absolute atomic E-state index is 0.00439. The van der Waals surface area contributed by atoms with E-state index in [1.807, 2.05) is 30.0 Å². The Kier molecular flexibility index (Phi) is 4.56. The van der Waals surface area contributed by atoms with E-state index in [-0.39, 0.29) is 23.8 Å². The number of aryl methyl sites for hydroxylation is 1. The fourth-order valence-electron chi connectivity index (χ4n) is 5.00. The molecule has 33 heavy (non-hydrogen) atoms. The summed E-state index contributed by atoms with van der Waals surface area (Å²) in [5.41, 5.74) is 3.01. The molecule has 166 valence electrons. The number of hydrogen-bond donors (Lipinski definition) is 0. The summed E-state index contributed by atoms with van der Waals surface area (Å²) in [5, 5.41) is 9.12. The lowest BCUT2D eigenvalue weighted by Gasteiger charge is -2.32. The first kappa shape index (κ1) is 19.8. The van der Waals surface area contributed by atoms with Crippen LogP contribution in [-0.2, 0) is 0 Å². The molecule has 0 aliphatic carbocycles. The first-order chi connectivity index (χ1) is 16.1. The van der Waals surface area contributed by atoms with Gasteiger partial charge in [0.2, 0.25) is 5.95 Å². The third-order valence-electron chi connectivity index (χ3n) is 6.60. The molecule has 4 aromatic rings. The second kappa shape index (κ2) is 7.61. The van der Waals surface area contributed by atoms with Crippen molar-refractivity contribution in [1.29, 1.82) is 0 Å². The van der Waals surface area contributed by atoms with E-state index >= 15 is 0 Å². The van der Waals surface area contributed by atoms with Crippen LogP contribution in [0, 0.1) is 12.7 Å². The average molecular weight is 443 g/mol. The Morgan fingerprint density at radius 1 is 1.09 bits per heavy atom. The molecular formula is C24H22FN7O. The molecule has 2 saturated heterocycles. The zero-order valence-corrected chi connectivity index (χ0v) is 18.1. The summed E-state index contributed by atoms with van der Waals surface area (Å²) in [6.07, 6.45) is 6.59. The van der Waals surface area contributed by atoms with Gasteiger partial charge in [0.1, 0.15) is 5.82 Å². The van der Waals surface area contributed by atoms with Gasteiger partial charge in [0.05, 0.1) is 35.2 Å². The van der Waals surface area contributed by atoms with Crippen molar-refractivity contribution in [3.8, 4) is 5.69 Å². The van der Waals surface area contributed by atoms with Gasteiger partial charge in [0, 0.05) is 30.7 Å². The Bertz CT molecular complexity index is 1360. The third kappa shape index (κ3) is 3.40. The summed E-state index contributed by atoms with van der Waals surface area (Å²) < 4.78 is 13.5. The molecule has 6 rings (SSSR count). The number of likely N-dealkylation sites (tertiary alicyclic amines) is 1. The summed E-state index contributed by atoms with van der Waals surface area (Å²) in [6, 6.07) is 10.6. The Balaban J connectivity index is 1.28. The summed E-state index contributed by atoms with van der Waals surface area (Å²) in [7, 11) is 0. The van der Waals surface area contributed by atoms with Gasteiger partial charge in [-0.15, -0.1) is 0 Å². The van der Waals surface area contributed by atoms with Crippen molar-refractivity contribution < 1.29 is 9.18 Å². The molecule has 8 nitrogen and oxygen atoms in total. The van der Waals surface area contributed by atoms with E-state index < -0.39 is 0 Å². The lowest BCUT2D eigenvalue weighted by atomic mass is 10.0. The van der Waals surface area contributed by atoms with Crippen LogP contribution >= 0.6 is 0 Å². The monoisotopic (exact) mass is 443 g/mol. The molecule has 0 unspecified atom stereocenters. The van der Waals surface area contributed by atoms with Crippen molar-refractivity contribution in [1.82, 2.24) is 29.9 Å². The molecule has 4 heterocycles. The molecule has 1 amide bonds. The fraction of sp³-hybridized carbons (Fsp3) is 0.292. The van der Waals surface area contributed by atoms with Crippen molar-refractivity contribution >= 4 is 22.8 Å². The Morgan fingerprint density at radius 3 is 2.79 bits per heavy atom. The Hall–Kier alpha value is -3.88. The fourth-order valence-corrected chi connectivity index (χ4v) is 5.00. The van der Waals surface area contributed by atoms with E-state index in [2.05, 4.69) is 25.1 Å². The van der Waals surface area contributed by atoms with Gasteiger partial charge in [-0.25, -0.2) is 14.4 Å². The molecule has 2 atom stereocenters. The lowest BCUT2D eigenvalue weighted by Crippen LogP contribution is -2.41. The Morgan fingerprint density at radius 2 is 1.94 bits per heavy atom. The number of nitrogens with zero attached hydrogens (tertiary/aromatic N) is 7. The van der Waals surface area contributed by atoms with Crippen molar-refractivity contribution in [2.24, 2.45) is 0 Å². The molecule has 2 aliphatic rings. The molecule has 0 spiro atoms. The van der Waals surface area contributed by atoms with Crippen molar-refractivity contribution in [2.45, 2.75) is 31.8 Å². The van der Waals surface area contributed by atoms with Crippen LogP contribution in [0.1, 0.15) is 28.8 Å². The van der Waals surface area contributed by atoms with Gasteiger partial charge in [0.25, 0.3) is 5.91 Å². The number of halogens is 1. The first-order valence-electron chi connectivity index (χ1n) is 11.0. The molecule has 0 saturated carbocycles. The molecule has 9 heteroatoms. The van der Waals surface area contributed by atoms with E-state index in [9.17, 15) is 9.18 Å². The van der Waals surface area contributed by atoms with E-state index in [1.54, 1.807) is 24.7 Å². The molecular weight excluding hydrogens is 421 g/mol. The van der Waals surface area contributed by atoms with Gasteiger partial charge in [0.15, 0.2) is 0 Å². The molecule has 0 radical (unpaired) electrons. The molecule has 0 N–H and O–H groups in total. The van der Waals surface area contributed by atoms with E-state index in [1.165, 1.54) is 16.9 Å². The highest BCUT2D eigenvalue weighted by atomic mass is 19.1. The largest absolute Gasteiger partial charge is 0.336 e. The number of anilines is 1. The predicted molar refractivity (Wildman–Crippen MR) is 121 cm³/mol.